The van der Waals surface area contributed by atoms with Crippen molar-refractivity contribution < 1.29 is 63.9 Å². The van der Waals surface area contributed by atoms with Crippen molar-refractivity contribution in [3.63, 3.8) is 0 Å². The second-order valence-corrected chi connectivity index (χ2v) is 12.9. The number of carbonyl (C=O) groups is 2. The van der Waals surface area contributed by atoms with E-state index in [0.717, 1.165) is 0 Å². The number of aliphatic hydroxyl groups is 5. The lowest BCUT2D eigenvalue weighted by atomic mass is 9.83. The van der Waals surface area contributed by atoms with Gasteiger partial charge in [0.15, 0.2) is 12.1 Å². The molecule has 4 unspecified atom stereocenters. The fourth-order valence-electron chi connectivity index (χ4n) is 6.15. The third-order valence-electron chi connectivity index (χ3n) is 8.86. The van der Waals surface area contributed by atoms with Crippen molar-refractivity contribution in [3.05, 3.63) is 60.8 Å². The second-order valence-electron chi connectivity index (χ2n) is 12.9. The largest absolute Gasteiger partial charge is 0.481 e. The summed E-state index contributed by atoms with van der Waals surface area (Å²) >= 11 is 0. The highest BCUT2D eigenvalue weighted by Crippen LogP contribution is 2.39. The molecule has 4 aliphatic heterocycles. The molecule has 14 atom stereocenters. The number of carboxylic acid groups (broad SMARTS) is 1. The van der Waals surface area contributed by atoms with E-state index in [9.17, 15) is 40.2 Å². The Morgan fingerprint density at radius 1 is 0.938 bits per heavy atom. The van der Waals surface area contributed by atoms with Crippen LogP contribution in [0.15, 0.2) is 60.8 Å². The number of nitrogens with two attached hydrogens (primary N) is 1. The first-order chi connectivity index (χ1) is 22.8. The van der Waals surface area contributed by atoms with Gasteiger partial charge in [0.25, 0.3) is 0 Å². The lowest BCUT2D eigenvalue weighted by Gasteiger charge is -2.45. The van der Waals surface area contributed by atoms with Gasteiger partial charge in [0.05, 0.1) is 48.8 Å². The van der Waals surface area contributed by atoms with Gasteiger partial charge in [-0.3, -0.25) is 4.79 Å². The third-order valence-corrected chi connectivity index (χ3v) is 8.86. The van der Waals surface area contributed by atoms with Crippen LogP contribution in [0, 0.1) is 5.92 Å². The van der Waals surface area contributed by atoms with Crippen molar-refractivity contribution in [2.45, 2.75) is 132 Å². The van der Waals surface area contributed by atoms with Gasteiger partial charge in [0.2, 0.25) is 0 Å². The first kappa shape index (κ1) is 38.0. The number of aliphatic carboxylic acids is 1. The standard InChI is InChI=1S/C34H49NO13/c1-19-11-9-7-5-3-4-6-8-10-12-22(46-33-31(40)30(39)29(35)20(2)45-33)16-26-28(32(41)42)23(37)18-34(43,48-26)17-21(36)15-25-24(47-25)13-14-27(38)44-19/h3-8,10,12-14,19-26,28-31,33,36-37,39-40,43H,9,11,15-18,35H2,1-2H3,(H,41,42)/b4-3+,7-5-,8-6+,12-10+,14-13+/t19-,20?,21+,22+,23+,24-,25?,26+,28-,29-,30?,31?,33+,34-/m1/s1. The summed E-state index contributed by atoms with van der Waals surface area (Å²) in [5.41, 5.74) is 5.92. The molecule has 0 aromatic carbocycles. The van der Waals surface area contributed by atoms with Crippen LogP contribution in [0.2, 0.25) is 0 Å². The van der Waals surface area contributed by atoms with Crippen LogP contribution >= 0.6 is 0 Å². The SMILES string of the molecule is CC1O[C@@H](O[C@H]2/C=C/C=C/C=C/C=C\CC[C@@H](C)OC(=O)/C=C/[C@H]3OC3C[C@H](O)C[C@]3(O)C[C@H](O)[C@@H](C(=O)O)[C@H](C2)O3)C(O)C(O)[C@@H]1N. The Balaban J connectivity index is 1.57. The van der Waals surface area contributed by atoms with Crippen LogP contribution in [0.4, 0.5) is 0 Å². The number of allylic oxidation sites excluding steroid dienone is 7. The van der Waals surface area contributed by atoms with Crippen LogP contribution in [0.25, 0.3) is 0 Å². The van der Waals surface area contributed by atoms with Gasteiger partial charge in [0.1, 0.15) is 24.2 Å². The van der Waals surface area contributed by atoms with Crippen LogP contribution in [0.5, 0.6) is 0 Å². The van der Waals surface area contributed by atoms with E-state index in [1.165, 1.54) is 6.08 Å². The summed E-state index contributed by atoms with van der Waals surface area (Å²) in [5.74, 6) is -5.44. The smallest absolute Gasteiger partial charge is 0.330 e. The maximum atomic E-state index is 12.3. The zero-order chi connectivity index (χ0) is 35.0. The van der Waals surface area contributed by atoms with Gasteiger partial charge >= 0.3 is 11.9 Å². The molecule has 0 aromatic rings. The number of epoxide rings is 1. The molecule has 48 heavy (non-hydrogen) atoms. The molecule has 0 radical (unpaired) electrons. The summed E-state index contributed by atoms with van der Waals surface area (Å²) in [6.07, 6.45) is 6.11. The highest BCUT2D eigenvalue weighted by atomic mass is 16.7. The molecule has 0 spiro atoms. The number of ether oxygens (including phenoxy) is 5. The molecular formula is C34H49NO13. The molecule has 0 aliphatic carbocycles. The molecular weight excluding hydrogens is 630 g/mol. The lowest BCUT2D eigenvalue weighted by Crippen LogP contribution is -2.61. The van der Waals surface area contributed by atoms with E-state index in [-0.39, 0.29) is 25.4 Å². The van der Waals surface area contributed by atoms with Gasteiger partial charge in [-0.15, -0.1) is 0 Å². The minimum absolute atomic E-state index is 0.0793. The first-order valence-corrected chi connectivity index (χ1v) is 16.4. The van der Waals surface area contributed by atoms with E-state index in [4.69, 9.17) is 29.4 Å². The number of esters is 1. The summed E-state index contributed by atoms with van der Waals surface area (Å²) in [6.45, 7) is 3.42. The minimum atomic E-state index is -2.10. The fraction of sp³-hybridized carbons (Fsp3) is 0.647. The highest BCUT2D eigenvalue weighted by molar-refractivity contribution is 5.82. The summed E-state index contributed by atoms with van der Waals surface area (Å²) in [5, 5.41) is 64.2. The zero-order valence-corrected chi connectivity index (χ0v) is 27.1. The van der Waals surface area contributed by atoms with Crippen molar-refractivity contribution in [1.29, 1.82) is 0 Å². The first-order valence-electron chi connectivity index (χ1n) is 16.4. The summed E-state index contributed by atoms with van der Waals surface area (Å²) in [7, 11) is 0. The number of fused-ring (bicyclic) bond motifs is 3. The molecule has 0 aromatic heterocycles. The summed E-state index contributed by atoms with van der Waals surface area (Å²) in [6, 6.07) is -0.869. The normalized spacial score (nSPS) is 46.8. The maximum Gasteiger partial charge on any atom is 0.330 e. The number of carboxylic acids is 1. The molecule has 2 bridgehead atoms. The van der Waals surface area contributed by atoms with Gasteiger partial charge in [-0.2, -0.15) is 0 Å². The molecule has 4 aliphatic rings. The molecule has 4 rings (SSSR count). The second kappa shape index (κ2) is 17.3. The van der Waals surface area contributed by atoms with Crippen molar-refractivity contribution in [1.82, 2.24) is 0 Å². The van der Waals surface area contributed by atoms with E-state index in [0.29, 0.717) is 12.8 Å². The minimum Gasteiger partial charge on any atom is -0.481 e. The number of rotatable bonds is 3. The van der Waals surface area contributed by atoms with Gasteiger partial charge in [-0.25, -0.2) is 4.79 Å². The van der Waals surface area contributed by atoms with Gasteiger partial charge in [-0.05, 0) is 32.8 Å². The number of cyclic esters (lactones) is 1. The Hall–Kier alpha value is -2.76. The van der Waals surface area contributed by atoms with Crippen LogP contribution in [-0.4, -0.2) is 122 Å². The molecule has 0 saturated carbocycles. The lowest BCUT2D eigenvalue weighted by molar-refractivity contribution is -0.308. The van der Waals surface area contributed by atoms with E-state index in [1.807, 2.05) is 18.2 Å². The highest BCUT2D eigenvalue weighted by Gasteiger charge is 2.51. The molecule has 8 N–H and O–H groups in total. The molecule has 268 valence electrons. The Kier molecular flexibility index (Phi) is 13.7. The Labute approximate surface area is 279 Å². The van der Waals surface area contributed by atoms with Gasteiger partial charge < -0.3 is 60.1 Å². The number of aliphatic hydroxyl groups excluding tert-OH is 4. The van der Waals surface area contributed by atoms with Crippen LogP contribution < -0.4 is 5.73 Å². The Morgan fingerprint density at radius 3 is 2.38 bits per heavy atom. The monoisotopic (exact) mass is 679 g/mol. The molecule has 4 heterocycles. The Morgan fingerprint density at radius 2 is 1.65 bits per heavy atom. The van der Waals surface area contributed by atoms with Crippen LogP contribution in [0.3, 0.4) is 0 Å². The predicted molar refractivity (Wildman–Crippen MR) is 170 cm³/mol. The van der Waals surface area contributed by atoms with E-state index in [2.05, 4.69) is 0 Å². The van der Waals surface area contributed by atoms with Gasteiger partial charge in [-0.1, -0.05) is 48.6 Å². The molecule has 3 saturated heterocycles. The topological polar surface area (TPSA) is 231 Å². The third kappa shape index (κ3) is 10.9. The van der Waals surface area contributed by atoms with Crippen LogP contribution in [0.1, 0.15) is 52.4 Å². The predicted octanol–water partition coefficient (Wildman–Crippen LogP) is 0.510. The van der Waals surface area contributed by atoms with Crippen molar-refractivity contribution >= 4 is 11.9 Å². The number of hydrogen-bond donors (Lipinski definition) is 7. The quantitative estimate of drug-likeness (QED) is 0.159. The van der Waals surface area contributed by atoms with Crippen molar-refractivity contribution in [2.24, 2.45) is 11.7 Å². The van der Waals surface area contributed by atoms with Gasteiger partial charge in [0, 0.05) is 31.8 Å². The number of carbonyl (C=O) groups excluding carboxylic acids is 1. The number of hydrogen-bond acceptors (Lipinski definition) is 13. The maximum absolute atomic E-state index is 12.3. The van der Waals surface area contributed by atoms with E-state index in [1.54, 1.807) is 50.3 Å². The van der Waals surface area contributed by atoms with E-state index >= 15 is 0 Å². The molecule has 14 heteroatoms. The molecule has 14 nitrogen and oxygen atoms in total. The fourth-order valence-corrected chi connectivity index (χ4v) is 6.15. The summed E-state index contributed by atoms with van der Waals surface area (Å²) in [4.78, 5) is 24.5. The van der Waals surface area contributed by atoms with Crippen LogP contribution in [-0.2, 0) is 33.3 Å². The average molecular weight is 680 g/mol. The zero-order valence-electron chi connectivity index (χ0n) is 27.1. The average Bonchev–Trinajstić information content (AvgIpc) is 3.74. The van der Waals surface area contributed by atoms with Crippen molar-refractivity contribution in [2.75, 3.05) is 0 Å². The molecule has 0 amide bonds. The summed E-state index contributed by atoms with van der Waals surface area (Å²) < 4.78 is 28.6. The Bertz CT molecular complexity index is 1240. The van der Waals surface area contributed by atoms with E-state index < -0.39 is 97.3 Å². The molecule has 3 fully saturated rings. The van der Waals surface area contributed by atoms with Crippen molar-refractivity contribution in [3.8, 4) is 0 Å².